The normalized spacial score (nSPS) is 27.9. The summed E-state index contributed by atoms with van der Waals surface area (Å²) in [5.74, 6) is 0.528. The molecular formula is C17H25N5O2. The van der Waals surface area contributed by atoms with Crippen LogP contribution in [0.1, 0.15) is 44.0 Å². The minimum atomic E-state index is -0.890. The highest BCUT2D eigenvalue weighted by Gasteiger charge is 2.48. The predicted octanol–water partition coefficient (Wildman–Crippen LogP) is 0.355. The van der Waals surface area contributed by atoms with E-state index < -0.39 is 5.54 Å². The van der Waals surface area contributed by atoms with E-state index in [1.165, 1.54) is 0 Å². The number of aromatic nitrogens is 2. The number of likely N-dealkylation sites (tertiary alicyclic amines) is 1. The third-order valence-corrected chi connectivity index (χ3v) is 5.16. The van der Waals surface area contributed by atoms with E-state index in [1.807, 2.05) is 11.8 Å². The molecule has 24 heavy (non-hydrogen) atoms. The van der Waals surface area contributed by atoms with E-state index in [4.69, 9.17) is 0 Å². The molecule has 0 spiro atoms. The van der Waals surface area contributed by atoms with Gasteiger partial charge in [-0.1, -0.05) is 6.92 Å². The Morgan fingerprint density at radius 1 is 1.38 bits per heavy atom. The Labute approximate surface area is 142 Å². The molecule has 2 fully saturated rings. The zero-order chi connectivity index (χ0) is 17.2. The summed E-state index contributed by atoms with van der Waals surface area (Å²) in [6.45, 7) is 3.36. The van der Waals surface area contributed by atoms with Crippen LogP contribution < -0.4 is 10.6 Å². The van der Waals surface area contributed by atoms with Crippen molar-refractivity contribution < 1.29 is 9.59 Å². The summed E-state index contributed by atoms with van der Waals surface area (Å²) in [4.78, 5) is 35.8. The highest BCUT2D eigenvalue weighted by Crippen LogP contribution is 2.32. The number of carbonyl (C=O) groups is 2. The molecule has 7 heteroatoms. The molecule has 2 saturated heterocycles. The summed E-state index contributed by atoms with van der Waals surface area (Å²) < 4.78 is 0. The first kappa shape index (κ1) is 16.8. The molecule has 0 aromatic carbocycles. The maximum Gasteiger partial charge on any atom is 0.251 e. The Hall–Kier alpha value is -2.02. The maximum atomic E-state index is 13.3. The number of nitrogens with zero attached hydrogens (tertiary/aromatic N) is 3. The molecule has 1 aromatic rings. The molecule has 0 saturated carbocycles. The van der Waals surface area contributed by atoms with Gasteiger partial charge in [-0.05, 0) is 38.3 Å². The van der Waals surface area contributed by atoms with Crippen molar-refractivity contribution >= 4 is 11.8 Å². The smallest absolute Gasteiger partial charge is 0.251 e. The van der Waals surface area contributed by atoms with Gasteiger partial charge in [0.25, 0.3) is 5.91 Å². The number of amides is 2. The van der Waals surface area contributed by atoms with Gasteiger partial charge in [0.1, 0.15) is 0 Å². The van der Waals surface area contributed by atoms with Gasteiger partial charge in [0.05, 0.1) is 0 Å². The summed E-state index contributed by atoms with van der Waals surface area (Å²) in [6, 6.07) is -0.0332. The summed E-state index contributed by atoms with van der Waals surface area (Å²) in [5, 5.41) is 6.01. The summed E-state index contributed by atoms with van der Waals surface area (Å²) in [5.41, 5.74) is 0.160. The number of hydrogen-bond donors (Lipinski definition) is 2. The van der Waals surface area contributed by atoms with Crippen LogP contribution in [-0.2, 0) is 21.5 Å². The van der Waals surface area contributed by atoms with Gasteiger partial charge in [-0.25, -0.2) is 9.97 Å². The number of likely N-dealkylation sites (N-methyl/N-ethyl adjacent to an activating group) is 1. The molecule has 7 nitrogen and oxygen atoms in total. The Kier molecular flexibility index (Phi) is 4.80. The van der Waals surface area contributed by atoms with Crippen molar-refractivity contribution in [1.82, 2.24) is 25.5 Å². The number of hydrogen-bond acceptors (Lipinski definition) is 5. The first-order chi connectivity index (χ1) is 11.6. The third-order valence-electron chi connectivity index (χ3n) is 5.16. The lowest BCUT2D eigenvalue weighted by atomic mass is 9.85. The fourth-order valence-corrected chi connectivity index (χ4v) is 3.66. The average Bonchev–Trinajstić information content (AvgIpc) is 2.62. The topological polar surface area (TPSA) is 87.2 Å². The largest absolute Gasteiger partial charge is 0.356 e. The van der Waals surface area contributed by atoms with Crippen LogP contribution in [0.5, 0.6) is 0 Å². The molecular weight excluding hydrogens is 306 g/mol. The summed E-state index contributed by atoms with van der Waals surface area (Å²) >= 11 is 0. The second kappa shape index (κ2) is 6.84. The second-order valence-electron chi connectivity index (χ2n) is 6.52. The van der Waals surface area contributed by atoms with E-state index in [9.17, 15) is 9.59 Å². The molecule has 0 unspecified atom stereocenters. The molecule has 0 radical (unpaired) electrons. The zero-order valence-electron chi connectivity index (χ0n) is 14.3. The molecule has 130 valence electrons. The summed E-state index contributed by atoms with van der Waals surface area (Å²) in [6.07, 6.45) is 7.16. The highest BCUT2D eigenvalue weighted by atomic mass is 16.2. The van der Waals surface area contributed by atoms with E-state index >= 15 is 0 Å². The van der Waals surface area contributed by atoms with E-state index in [0.29, 0.717) is 31.8 Å². The van der Waals surface area contributed by atoms with Crippen molar-refractivity contribution in [1.29, 1.82) is 0 Å². The lowest BCUT2D eigenvalue weighted by Crippen LogP contribution is -2.62. The fourth-order valence-electron chi connectivity index (χ4n) is 3.66. The molecule has 0 aliphatic carbocycles. The van der Waals surface area contributed by atoms with Gasteiger partial charge in [0, 0.05) is 37.9 Å². The average molecular weight is 331 g/mol. The molecule has 2 aliphatic heterocycles. The van der Waals surface area contributed by atoms with Crippen LogP contribution in [0, 0.1) is 0 Å². The Morgan fingerprint density at radius 2 is 2.12 bits per heavy atom. The minimum absolute atomic E-state index is 0.0137. The van der Waals surface area contributed by atoms with Crippen LogP contribution in [0.4, 0.5) is 0 Å². The molecule has 2 aliphatic rings. The zero-order valence-corrected chi connectivity index (χ0v) is 14.3. The van der Waals surface area contributed by atoms with Crippen LogP contribution in [0.2, 0.25) is 0 Å². The first-order valence-corrected chi connectivity index (χ1v) is 8.69. The van der Waals surface area contributed by atoms with Crippen LogP contribution in [-0.4, -0.2) is 52.9 Å². The van der Waals surface area contributed by atoms with E-state index in [1.54, 1.807) is 19.4 Å². The van der Waals surface area contributed by atoms with Crippen molar-refractivity contribution in [3.05, 3.63) is 23.8 Å². The van der Waals surface area contributed by atoms with Gasteiger partial charge in [0.15, 0.2) is 11.4 Å². The Bertz CT molecular complexity index is 618. The minimum Gasteiger partial charge on any atom is -0.356 e. The third kappa shape index (κ3) is 2.88. The van der Waals surface area contributed by atoms with Crippen LogP contribution in [0.25, 0.3) is 0 Å². The SMILES string of the molecule is CCc1cnc([C@]2(NC)CCCN([C@H]3CCNC(=O)C3)C2=O)nc1. The van der Waals surface area contributed by atoms with E-state index in [0.717, 1.165) is 24.8 Å². The van der Waals surface area contributed by atoms with Crippen LogP contribution in [0.3, 0.4) is 0 Å². The molecule has 3 heterocycles. The summed E-state index contributed by atoms with van der Waals surface area (Å²) in [7, 11) is 1.78. The van der Waals surface area contributed by atoms with E-state index in [-0.39, 0.29) is 17.9 Å². The second-order valence-corrected chi connectivity index (χ2v) is 6.52. The molecule has 3 rings (SSSR count). The van der Waals surface area contributed by atoms with Gasteiger partial charge in [-0.2, -0.15) is 0 Å². The van der Waals surface area contributed by atoms with Crippen molar-refractivity contribution in [3.63, 3.8) is 0 Å². The van der Waals surface area contributed by atoms with E-state index in [2.05, 4.69) is 20.6 Å². The van der Waals surface area contributed by atoms with Crippen molar-refractivity contribution in [2.75, 3.05) is 20.1 Å². The van der Waals surface area contributed by atoms with Crippen LogP contribution >= 0.6 is 0 Å². The molecule has 2 amide bonds. The van der Waals surface area contributed by atoms with Gasteiger partial charge < -0.3 is 15.5 Å². The molecule has 2 N–H and O–H groups in total. The predicted molar refractivity (Wildman–Crippen MR) is 89.1 cm³/mol. The Balaban J connectivity index is 1.89. The number of nitrogens with one attached hydrogen (secondary N) is 2. The van der Waals surface area contributed by atoms with Gasteiger partial charge in [0.2, 0.25) is 5.91 Å². The van der Waals surface area contributed by atoms with Crippen molar-refractivity contribution in [3.8, 4) is 0 Å². The van der Waals surface area contributed by atoms with Crippen molar-refractivity contribution in [2.45, 2.75) is 50.6 Å². The number of rotatable bonds is 4. The number of carbonyl (C=O) groups excluding carboxylic acids is 2. The lowest BCUT2D eigenvalue weighted by molar-refractivity contribution is -0.147. The van der Waals surface area contributed by atoms with Gasteiger partial charge >= 0.3 is 0 Å². The maximum absolute atomic E-state index is 13.3. The van der Waals surface area contributed by atoms with Gasteiger partial charge in [-0.3, -0.25) is 9.59 Å². The molecule has 0 bridgehead atoms. The van der Waals surface area contributed by atoms with Gasteiger partial charge in [-0.15, -0.1) is 0 Å². The lowest BCUT2D eigenvalue weighted by Gasteiger charge is -2.44. The highest BCUT2D eigenvalue weighted by molar-refractivity contribution is 5.88. The number of aryl methyl sites for hydroxylation is 1. The molecule has 2 atom stereocenters. The standard InChI is InChI=1S/C17H25N5O2/c1-3-12-10-20-15(21-11-12)17(18-2)6-4-8-22(16(17)24)13-5-7-19-14(23)9-13/h10-11,13,18H,3-9H2,1-2H3,(H,19,23)/t13-,17+/m0/s1. The Morgan fingerprint density at radius 3 is 2.75 bits per heavy atom. The van der Waals surface area contributed by atoms with Crippen molar-refractivity contribution in [2.24, 2.45) is 0 Å². The number of piperidine rings is 2. The fraction of sp³-hybridized carbons (Fsp3) is 0.647. The molecule has 1 aromatic heterocycles. The quantitative estimate of drug-likeness (QED) is 0.831. The monoisotopic (exact) mass is 331 g/mol. The van der Waals surface area contributed by atoms with Crippen LogP contribution in [0.15, 0.2) is 12.4 Å². The first-order valence-electron chi connectivity index (χ1n) is 8.69.